The van der Waals surface area contributed by atoms with Crippen LogP contribution in [-0.4, -0.2) is 62.6 Å². The molecular formula is C19H19FN2O5S. The topological polar surface area (TPSA) is 84.0 Å². The highest BCUT2D eigenvalue weighted by molar-refractivity contribution is 7.89. The average Bonchev–Trinajstić information content (AvgIpc) is 2.72. The zero-order chi connectivity index (χ0) is 20.1. The standard InChI is InChI=1S/C19H19FN2O5S/c20-16-5-3-6-17(12-16)28(25,26)22-10-8-21(9-11-22)19(24)14-27-18-7-2-1-4-15(18)13-23/h1-7,12-13H,8-11,14H2. The molecule has 2 aromatic carbocycles. The SMILES string of the molecule is O=Cc1ccccc1OCC(=O)N1CCN(S(=O)(=O)c2cccc(F)c2)CC1. The maximum absolute atomic E-state index is 13.3. The van der Waals surface area contributed by atoms with Gasteiger partial charge < -0.3 is 9.64 Å². The molecule has 148 valence electrons. The van der Waals surface area contributed by atoms with Gasteiger partial charge in [0, 0.05) is 26.2 Å². The Hall–Kier alpha value is -2.78. The quantitative estimate of drug-likeness (QED) is 0.680. The summed E-state index contributed by atoms with van der Waals surface area (Å²) in [4.78, 5) is 24.7. The van der Waals surface area contributed by atoms with E-state index >= 15 is 0 Å². The van der Waals surface area contributed by atoms with Crippen LogP contribution in [0, 0.1) is 5.82 Å². The summed E-state index contributed by atoms with van der Waals surface area (Å²) in [7, 11) is -3.81. The summed E-state index contributed by atoms with van der Waals surface area (Å²) in [6, 6.07) is 11.4. The molecule has 1 amide bonds. The summed E-state index contributed by atoms with van der Waals surface area (Å²) < 4.78 is 45.2. The van der Waals surface area contributed by atoms with Gasteiger partial charge in [-0.2, -0.15) is 4.31 Å². The molecule has 0 saturated carbocycles. The highest BCUT2D eigenvalue weighted by Crippen LogP contribution is 2.19. The number of hydrogen-bond acceptors (Lipinski definition) is 5. The summed E-state index contributed by atoms with van der Waals surface area (Å²) in [6.07, 6.45) is 0.649. The van der Waals surface area contributed by atoms with Gasteiger partial charge in [-0.15, -0.1) is 0 Å². The van der Waals surface area contributed by atoms with E-state index in [2.05, 4.69) is 0 Å². The van der Waals surface area contributed by atoms with Gasteiger partial charge in [-0.25, -0.2) is 12.8 Å². The number of hydrogen-bond donors (Lipinski definition) is 0. The van der Waals surface area contributed by atoms with E-state index in [9.17, 15) is 22.4 Å². The molecule has 28 heavy (non-hydrogen) atoms. The van der Waals surface area contributed by atoms with Gasteiger partial charge in [-0.3, -0.25) is 9.59 Å². The molecule has 0 bridgehead atoms. The number of rotatable bonds is 6. The van der Waals surface area contributed by atoms with Crippen molar-refractivity contribution in [1.29, 1.82) is 0 Å². The molecule has 0 aromatic heterocycles. The van der Waals surface area contributed by atoms with Crippen LogP contribution in [0.15, 0.2) is 53.4 Å². The lowest BCUT2D eigenvalue weighted by molar-refractivity contribution is -0.134. The highest BCUT2D eigenvalue weighted by Gasteiger charge is 2.30. The fourth-order valence-electron chi connectivity index (χ4n) is 2.89. The molecule has 7 nitrogen and oxygen atoms in total. The average molecular weight is 406 g/mol. The Morgan fingerprint density at radius 3 is 2.46 bits per heavy atom. The molecule has 9 heteroatoms. The normalized spacial score (nSPS) is 15.2. The largest absolute Gasteiger partial charge is 0.483 e. The molecule has 0 unspecified atom stereocenters. The van der Waals surface area contributed by atoms with Crippen LogP contribution >= 0.6 is 0 Å². The first-order chi connectivity index (χ1) is 13.4. The van der Waals surface area contributed by atoms with Gasteiger partial charge in [0.05, 0.1) is 10.5 Å². The second-order valence-electron chi connectivity index (χ2n) is 6.19. The van der Waals surface area contributed by atoms with E-state index in [0.717, 1.165) is 6.07 Å². The first-order valence-electron chi connectivity index (χ1n) is 8.62. The van der Waals surface area contributed by atoms with Gasteiger partial charge >= 0.3 is 0 Å². The fourth-order valence-corrected chi connectivity index (χ4v) is 4.35. The van der Waals surface area contributed by atoms with E-state index in [0.29, 0.717) is 17.6 Å². The Bertz CT molecular complexity index is 972. The van der Waals surface area contributed by atoms with Crippen molar-refractivity contribution in [3.63, 3.8) is 0 Å². The summed E-state index contributed by atoms with van der Waals surface area (Å²) >= 11 is 0. The number of piperazine rings is 1. The van der Waals surface area contributed by atoms with Crippen LogP contribution < -0.4 is 4.74 Å². The number of ether oxygens (including phenoxy) is 1. The number of carbonyl (C=O) groups is 2. The van der Waals surface area contributed by atoms with E-state index in [4.69, 9.17) is 4.74 Å². The first kappa shape index (κ1) is 20.0. The van der Waals surface area contributed by atoms with Crippen molar-refractivity contribution in [3.05, 3.63) is 59.9 Å². The minimum absolute atomic E-state index is 0.107. The van der Waals surface area contributed by atoms with Gasteiger partial charge in [0.2, 0.25) is 10.0 Å². The lowest BCUT2D eigenvalue weighted by Gasteiger charge is -2.34. The van der Waals surface area contributed by atoms with Crippen molar-refractivity contribution in [2.45, 2.75) is 4.90 Å². The van der Waals surface area contributed by atoms with Gasteiger partial charge in [0.25, 0.3) is 5.91 Å². The van der Waals surface area contributed by atoms with Crippen LogP contribution in [-0.2, 0) is 14.8 Å². The molecule has 0 N–H and O–H groups in total. The van der Waals surface area contributed by atoms with Crippen LogP contribution in [0.3, 0.4) is 0 Å². The Kier molecular flexibility index (Phi) is 6.05. The minimum atomic E-state index is -3.81. The molecule has 1 fully saturated rings. The van der Waals surface area contributed by atoms with E-state index in [-0.39, 0.29) is 43.6 Å². The van der Waals surface area contributed by atoms with Gasteiger partial charge in [0.1, 0.15) is 11.6 Å². The first-order valence-corrected chi connectivity index (χ1v) is 10.1. The molecule has 1 aliphatic heterocycles. The lowest BCUT2D eigenvalue weighted by Crippen LogP contribution is -2.51. The molecule has 0 spiro atoms. The molecule has 3 rings (SSSR count). The summed E-state index contributed by atoms with van der Waals surface area (Å²) in [6.45, 7) is 0.366. The smallest absolute Gasteiger partial charge is 0.260 e. The number of aldehydes is 1. The minimum Gasteiger partial charge on any atom is -0.483 e. The van der Waals surface area contributed by atoms with Crippen molar-refractivity contribution < 1.29 is 27.1 Å². The summed E-state index contributed by atoms with van der Waals surface area (Å²) in [5.74, 6) is -0.607. The van der Waals surface area contributed by atoms with Crippen molar-refractivity contribution in [1.82, 2.24) is 9.21 Å². The highest BCUT2D eigenvalue weighted by atomic mass is 32.2. The third kappa shape index (κ3) is 4.37. The van der Waals surface area contributed by atoms with Crippen molar-refractivity contribution in [3.8, 4) is 5.75 Å². The lowest BCUT2D eigenvalue weighted by atomic mass is 10.2. The van der Waals surface area contributed by atoms with E-state index in [1.165, 1.54) is 27.4 Å². The van der Waals surface area contributed by atoms with Gasteiger partial charge in [-0.1, -0.05) is 18.2 Å². The number of para-hydroxylation sites is 1. The third-order valence-electron chi connectivity index (χ3n) is 4.42. The van der Waals surface area contributed by atoms with Gasteiger partial charge in [0.15, 0.2) is 12.9 Å². The molecule has 0 radical (unpaired) electrons. The predicted octanol–water partition coefficient (Wildman–Crippen LogP) is 1.55. The van der Waals surface area contributed by atoms with Crippen LogP contribution in [0.25, 0.3) is 0 Å². The monoisotopic (exact) mass is 406 g/mol. The second kappa shape index (κ2) is 8.49. The zero-order valence-corrected chi connectivity index (χ0v) is 15.8. The van der Waals surface area contributed by atoms with Crippen LogP contribution in [0.5, 0.6) is 5.75 Å². The Morgan fingerprint density at radius 1 is 1.07 bits per heavy atom. The van der Waals surface area contributed by atoms with E-state index < -0.39 is 15.8 Å². The van der Waals surface area contributed by atoms with Crippen molar-refractivity contribution in [2.75, 3.05) is 32.8 Å². The fraction of sp³-hybridized carbons (Fsp3) is 0.263. The van der Waals surface area contributed by atoms with Crippen LogP contribution in [0.2, 0.25) is 0 Å². The Morgan fingerprint density at radius 2 is 1.79 bits per heavy atom. The van der Waals surface area contributed by atoms with Gasteiger partial charge in [-0.05, 0) is 30.3 Å². The number of sulfonamides is 1. The number of halogens is 1. The maximum atomic E-state index is 13.3. The maximum Gasteiger partial charge on any atom is 0.260 e. The second-order valence-corrected chi connectivity index (χ2v) is 8.12. The number of carbonyl (C=O) groups excluding carboxylic acids is 2. The molecule has 1 aliphatic rings. The van der Waals surface area contributed by atoms with Crippen LogP contribution in [0.4, 0.5) is 4.39 Å². The number of nitrogens with zero attached hydrogens (tertiary/aromatic N) is 2. The van der Waals surface area contributed by atoms with Crippen molar-refractivity contribution in [2.24, 2.45) is 0 Å². The molecule has 0 atom stereocenters. The van der Waals surface area contributed by atoms with E-state index in [1.54, 1.807) is 24.3 Å². The molecule has 2 aromatic rings. The summed E-state index contributed by atoms with van der Waals surface area (Å²) in [5, 5.41) is 0. The molecule has 1 saturated heterocycles. The Balaban J connectivity index is 1.57. The van der Waals surface area contributed by atoms with Crippen LogP contribution in [0.1, 0.15) is 10.4 Å². The van der Waals surface area contributed by atoms with E-state index in [1.807, 2.05) is 0 Å². The number of benzene rings is 2. The number of amides is 1. The predicted molar refractivity (Wildman–Crippen MR) is 99.1 cm³/mol. The summed E-state index contributed by atoms with van der Waals surface area (Å²) in [5.41, 5.74) is 0.348. The molecule has 1 heterocycles. The molecule has 0 aliphatic carbocycles. The molecular weight excluding hydrogens is 387 g/mol. The zero-order valence-electron chi connectivity index (χ0n) is 15.0. The Labute approximate surface area is 162 Å². The third-order valence-corrected chi connectivity index (χ3v) is 6.32. The van der Waals surface area contributed by atoms with Crippen molar-refractivity contribution >= 4 is 22.2 Å².